The van der Waals surface area contributed by atoms with Crippen molar-refractivity contribution in [3.8, 4) is 11.3 Å². The number of anilines is 3. The van der Waals surface area contributed by atoms with Crippen LogP contribution >= 0.6 is 0 Å². The van der Waals surface area contributed by atoms with Crippen LogP contribution in [0.25, 0.3) is 11.3 Å². The second-order valence-corrected chi connectivity index (χ2v) is 6.64. The number of carbonyl (C=O) groups excluding carboxylic acids is 1. The Labute approximate surface area is 163 Å². The van der Waals surface area contributed by atoms with Gasteiger partial charge >= 0.3 is 0 Å². The molecule has 0 aliphatic carbocycles. The molecule has 1 atom stereocenters. The summed E-state index contributed by atoms with van der Waals surface area (Å²) < 4.78 is 5.94. The first-order chi connectivity index (χ1) is 13.6. The number of rotatable bonds is 5. The third-order valence-corrected chi connectivity index (χ3v) is 4.75. The van der Waals surface area contributed by atoms with Crippen LogP contribution in [0, 0.1) is 0 Å². The lowest BCUT2D eigenvalue weighted by Gasteiger charge is -2.31. The predicted octanol–water partition coefficient (Wildman–Crippen LogP) is 2.76. The molecule has 28 heavy (non-hydrogen) atoms. The zero-order valence-electron chi connectivity index (χ0n) is 15.8. The molecule has 1 aliphatic rings. The van der Waals surface area contributed by atoms with Crippen LogP contribution in [0.2, 0.25) is 0 Å². The van der Waals surface area contributed by atoms with Crippen LogP contribution in [-0.4, -0.2) is 40.0 Å². The summed E-state index contributed by atoms with van der Waals surface area (Å²) in [6.07, 6.45) is 6.22. The molecular formula is C20H22N6O2. The van der Waals surface area contributed by atoms with E-state index in [9.17, 15) is 4.79 Å². The quantitative estimate of drug-likeness (QED) is 0.705. The maximum absolute atomic E-state index is 11.9. The summed E-state index contributed by atoms with van der Waals surface area (Å²) in [7, 11) is 0. The molecule has 3 heterocycles. The van der Waals surface area contributed by atoms with Gasteiger partial charge in [0.05, 0.1) is 6.20 Å². The maximum atomic E-state index is 11.9. The molecule has 2 N–H and O–H groups in total. The van der Waals surface area contributed by atoms with Gasteiger partial charge in [0.15, 0.2) is 5.76 Å². The van der Waals surface area contributed by atoms with Crippen molar-refractivity contribution in [1.29, 1.82) is 0 Å². The molecule has 4 rings (SSSR count). The predicted molar refractivity (Wildman–Crippen MR) is 106 cm³/mol. The zero-order chi connectivity index (χ0) is 19.5. The molecule has 1 aliphatic heterocycles. The Hall–Kier alpha value is -3.42. The minimum atomic E-state index is -0.309. The van der Waals surface area contributed by atoms with Crippen molar-refractivity contribution in [1.82, 2.24) is 20.3 Å². The van der Waals surface area contributed by atoms with E-state index in [-0.39, 0.29) is 11.9 Å². The van der Waals surface area contributed by atoms with E-state index in [1.54, 1.807) is 6.20 Å². The maximum Gasteiger partial charge on any atom is 0.298 e. The van der Waals surface area contributed by atoms with Crippen molar-refractivity contribution in [2.24, 2.45) is 0 Å². The number of oxazole rings is 1. The van der Waals surface area contributed by atoms with Crippen molar-refractivity contribution in [3.63, 3.8) is 0 Å². The van der Waals surface area contributed by atoms with Gasteiger partial charge in [-0.15, -0.1) is 0 Å². The minimum absolute atomic E-state index is 0.0220. The number of amides is 1. The van der Waals surface area contributed by atoms with Crippen molar-refractivity contribution in [2.75, 3.05) is 23.3 Å². The number of benzene rings is 1. The van der Waals surface area contributed by atoms with Gasteiger partial charge < -0.3 is 20.0 Å². The first-order valence-electron chi connectivity index (χ1n) is 9.32. The Morgan fingerprint density at radius 2 is 2.07 bits per heavy atom. The average Bonchev–Trinajstić information content (AvgIpc) is 3.21. The Bertz CT molecular complexity index is 969. The molecule has 1 unspecified atom stereocenters. The van der Waals surface area contributed by atoms with E-state index in [4.69, 9.17) is 4.42 Å². The number of hydrogen-bond donors (Lipinski definition) is 2. The molecule has 3 aromatic rings. The van der Waals surface area contributed by atoms with Crippen LogP contribution in [0.4, 0.5) is 17.7 Å². The molecule has 1 amide bonds. The van der Waals surface area contributed by atoms with E-state index in [1.807, 2.05) is 48.5 Å². The summed E-state index contributed by atoms with van der Waals surface area (Å²) >= 11 is 0. The summed E-state index contributed by atoms with van der Waals surface area (Å²) in [6, 6.07) is 7.91. The molecule has 1 aromatic carbocycles. The summed E-state index contributed by atoms with van der Waals surface area (Å²) in [4.78, 5) is 26.8. The van der Waals surface area contributed by atoms with E-state index in [0.717, 1.165) is 23.2 Å². The highest BCUT2D eigenvalue weighted by Crippen LogP contribution is 2.28. The Morgan fingerprint density at radius 3 is 2.86 bits per heavy atom. The third-order valence-electron chi connectivity index (χ3n) is 4.75. The van der Waals surface area contributed by atoms with Gasteiger partial charge in [-0.2, -0.15) is 0 Å². The summed E-state index contributed by atoms with van der Waals surface area (Å²) in [5.74, 6) is 1.16. The summed E-state index contributed by atoms with van der Waals surface area (Å²) in [5, 5.41) is 6.04. The number of piperazine rings is 1. The Kier molecular flexibility index (Phi) is 4.92. The van der Waals surface area contributed by atoms with Crippen LogP contribution < -0.4 is 15.5 Å². The van der Waals surface area contributed by atoms with Crippen LogP contribution in [-0.2, 0) is 11.2 Å². The molecule has 8 nitrogen and oxygen atoms in total. The topological polar surface area (TPSA) is 96.2 Å². The van der Waals surface area contributed by atoms with Crippen molar-refractivity contribution in [2.45, 2.75) is 26.3 Å². The second kappa shape index (κ2) is 7.67. The van der Waals surface area contributed by atoms with Gasteiger partial charge in [0, 0.05) is 36.7 Å². The van der Waals surface area contributed by atoms with Crippen molar-refractivity contribution < 1.29 is 9.21 Å². The fraction of sp³-hybridized carbons (Fsp3) is 0.300. The standard InChI is InChI=1S/C20H22N6O2/c1-3-14-10-22-19(23-11-14)25-16-6-4-5-15(9-16)17-12-24-20(28-17)26-8-7-21-18(27)13(26)2/h4-6,9-13H,3,7-8H2,1-2H3,(H,21,27)(H,22,23,25). The van der Waals surface area contributed by atoms with E-state index < -0.39 is 0 Å². The van der Waals surface area contributed by atoms with E-state index in [1.165, 1.54) is 0 Å². The molecule has 0 radical (unpaired) electrons. The van der Waals surface area contributed by atoms with Crippen LogP contribution in [0.15, 0.2) is 47.3 Å². The van der Waals surface area contributed by atoms with Crippen LogP contribution in [0.3, 0.4) is 0 Å². The molecule has 0 saturated carbocycles. The number of hydrogen-bond acceptors (Lipinski definition) is 7. The molecule has 0 bridgehead atoms. The largest absolute Gasteiger partial charge is 0.423 e. The summed E-state index contributed by atoms with van der Waals surface area (Å²) in [5.41, 5.74) is 2.82. The van der Waals surface area contributed by atoms with E-state index >= 15 is 0 Å². The fourth-order valence-electron chi connectivity index (χ4n) is 3.06. The van der Waals surface area contributed by atoms with Gasteiger partial charge in [0.25, 0.3) is 6.01 Å². The number of carbonyl (C=O) groups is 1. The molecule has 0 spiro atoms. The van der Waals surface area contributed by atoms with E-state index in [0.29, 0.717) is 30.8 Å². The molecule has 1 fully saturated rings. The monoisotopic (exact) mass is 378 g/mol. The molecule has 8 heteroatoms. The Morgan fingerprint density at radius 1 is 1.25 bits per heavy atom. The lowest BCUT2D eigenvalue weighted by atomic mass is 10.1. The number of aromatic nitrogens is 3. The zero-order valence-corrected chi connectivity index (χ0v) is 15.8. The number of nitrogens with zero attached hydrogens (tertiary/aromatic N) is 4. The van der Waals surface area contributed by atoms with Crippen molar-refractivity contribution >= 4 is 23.6 Å². The highest BCUT2D eigenvalue weighted by atomic mass is 16.4. The lowest BCUT2D eigenvalue weighted by Crippen LogP contribution is -2.54. The smallest absolute Gasteiger partial charge is 0.298 e. The van der Waals surface area contributed by atoms with Crippen LogP contribution in [0.1, 0.15) is 19.4 Å². The first-order valence-corrected chi connectivity index (χ1v) is 9.32. The van der Waals surface area contributed by atoms with E-state index in [2.05, 4.69) is 32.5 Å². The SMILES string of the molecule is CCc1cnc(Nc2cccc(-c3cnc(N4CCNC(=O)C4C)o3)c2)nc1. The molecule has 2 aromatic heterocycles. The van der Waals surface area contributed by atoms with Crippen LogP contribution in [0.5, 0.6) is 0 Å². The van der Waals surface area contributed by atoms with Gasteiger partial charge in [-0.3, -0.25) is 4.79 Å². The molecular weight excluding hydrogens is 356 g/mol. The number of aryl methyl sites for hydroxylation is 1. The normalized spacial score (nSPS) is 16.7. The second-order valence-electron chi connectivity index (χ2n) is 6.64. The fourth-order valence-corrected chi connectivity index (χ4v) is 3.06. The highest BCUT2D eigenvalue weighted by Gasteiger charge is 2.28. The minimum Gasteiger partial charge on any atom is -0.423 e. The average molecular weight is 378 g/mol. The Balaban J connectivity index is 1.53. The molecule has 144 valence electrons. The summed E-state index contributed by atoms with van der Waals surface area (Å²) in [6.45, 7) is 5.15. The van der Waals surface area contributed by atoms with Gasteiger partial charge in [0.1, 0.15) is 6.04 Å². The van der Waals surface area contributed by atoms with Gasteiger partial charge in [-0.05, 0) is 31.0 Å². The van der Waals surface area contributed by atoms with Gasteiger partial charge in [-0.25, -0.2) is 15.0 Å². The number of nitrogens with one attached hydrogen (secondary N) is 2. The van der Waals surface area contributed by atoms with Crippen molar-refractivity contribution in [3.05, 3.63) is 48.4 Å². The lowest BCUT2D eigenvalue weighted by molar-refractivity contribution is -0.123. The molecule has 1 saturated heterocycles. The third kappa shape index (κ3) is 3.66. The van der Waals surface area contributed by atoms with Gasteiger partial charge in [-0.1, -0.05) is 19.1 Å². The van der Waals surface area contributed by atoms with Gasteiger partial charge in [0.2, 0.25) is 11.9 Å². The first kappa shape index (κ1) is 18.0. The highest BCUT2D eigenvalue weighted by molar-refractivity contribution is 5.85.